The predicted octanol–water partition coefficient (Wildman–Crippen LogP) is 4.67. The summed E-state index contributed by atoms with van der Waals surface area (Å²) in [5, 5.41) is 12.0. The van der Waals surface area contributed by atoms with Gasteiger partial charge in [-0.25, -0.2) is 0 Å². The van der Waals surface area contributed by atoms with E-state index in [4.69, 9.17) is 0 Å². The minimum absolute atomic E-state index is 0.135. The zero-order valence-electron chi connectivity index (χ0n) is 16.1. The second-order valence-corrected chi connectivity index (χ2v) is 8.06. The van der Waals surface area contributed by atoms with Crippen LogP contribution in [0.3, 0.4) is 0 Å². The molecule has 0 saturated carbocycles. The van der Waals surface area contributed by atoms with Crippen LogP contribution in [0.2, 0.25) is 0 Å². The van der Waals surface area contributed by atoms with E-state index >= 15 is 0 Å². The summed E-state index contributed by atoms with van der Waals surface area (Å²) in [6.07, 6.45) is 2.25. The summed E-state index contributed by atoms with van der Waals surface area (Å²) in [7, 11) is 0. The number of hydrogen-bond donors (Lipinski definition) is 1. The van der Waals surface area contributed by atoms with Crippen LogP contribution < -0.4 is 9.47 Å². The summed E-state index contributed by atoms with van der Waals surface area (Å²) >= 11 is 1.78. The molecule has 0 bridgehead atoms. The molecule has 0 atom stereocenters. The van der Waals surface area contributed by atoms with E-state index in [1.165, 1.54) is 43.3 Å². The van der Waals surface area contributed by atoms with Gasteiger partial charge >= 0.3 is 0 Å². The number of anilines is 1. The van der Waals surface area contributed by atoms with Crippen molar-refractivity contribution in [2.45, 2.75) is 32.2 Å². The van der Waals surface area contributed by atoms with E-state index < -0.39 is 0 Å². The highest BCUT2D eigenvalue weighted by Gasteiger charge is 2.26. The van der Waals surface area contributed by atoms with Crippen molar-refractivity contribution in [2.24, 2.45) is 0 Å². The maximum absolute atomic E-state index is 9.58. The summed E-state index contributed by atoms with van der Waals surface area (Å²) in [5.74, 6) is 0. The predicted molar refractivity (Wildman–Crippen MR) is 114 cm³/mol. The highest BCUT2D eigenvalue weighted by Crippen LogP contribution is 2.46. The minimum atomic E-state index is 0.135. The van der Waals surface area contributed by atoms with Gasteiger partial charge in [-0.1, -0.05) is 29.5 Å². The van der Waals surface area contributed by atoms with E-state index in [2.05, 4.69) is 84.8 Å². The van der Waals surface area contributed by atoms with E-state index in [0.717, 1.165) is 6.54 Å². The monoisotopic (exact) mass is 377 g/mol. The number of β-amino-alcohol motifs (C(OH)–C–C–N with tert-alkyl or cyclic N) is 1. The third-order valence-corrected chi connectivity index (χ3v) is 6.11. The van der Waals surface area contributed by atoms with Crippen LogP contribution in [-0.2, 0) is 6.54 Å². The van der Waals surface area contributed by atoms with Crippen molar-refractivity contribution in [3.05, 3.63) is 70.4 Å². The van der Waals surface area contributed by atoms with Crippen molar-refractivity contribution in [3.8, 4) is 0 Å². The quantitative estimate of drug-likeness (QED) is 0.670. The zero-order valence-corrected chi connectivity index (χ0v) is 16.9. The number of aliphatic hydroxyl groups is 1. The van der Waals surface area contributed by atoms with Gasteiger partial charge in [0.1, 0.15) is 6.54 Å². The summed E-state index contributed by atoms with van der Waals surface area (Å²) in [5.41, 5.74) is 6.16. The van der Waals surface area contributed by atoms with Crippen LogP contribution in [0.15, 0.2) is 58.5 Å². The lowest BCUT2D eigenvalue weighted by atomic mass is 10.1. The average molecular weight is 378 g/mol. The Labute approximate surface area is 165 Å². The van der Waals surface area contributed by atoms with Crippen molar-refractivity contribution in [2.75, 3.05) is 18.1 Å². The average Bonchev–Trinajstić information content (AvgIpc) is 2.98. The fraction of sp³-hybridized carbons (Fsp3) is 0.261. The maximum atomic E-state index is 9.58. The first kappa shape index (κ1) is 18.1. The van der Waals surface area contributed by atoms with E-state index in [0.29, 0.717) is 6.54 Å². The number of nitrogens with zero attached hydrogens (tertiary/aromatic N) is 2. The summed E-state index contributed by atoms with van der Waals surface area (Å²) in [4.78, 5) is 3.48. The van der Waals surface area contributed by atoms with Crippen molar-refractivity contribution in [1.82, 2.24) is 0 Å². The number of rotatable bonds is 4. The largest absolute Gasteiger partial charge is 0.395 e. The third kappa shape index (κ3) is 3.35. The molecule has 4 rings (SSSR count). The lowest BCUT2D eigenvalue weighted by molar-refractivity contribution is -0.669. The molecule has 0 spiro atoms. The number of aryl methyl sites for hydroxylation is 3. The fourth-order valence-electron chi connectivity index (χ4n) is 3.71. The molecule has 138 valence electrons. The molecule has 0 radical (unpaired) electrons. The lowest BCUT2D eigenvalue weighted by Gasteiger charge is -2.19. The van der Waals surface area contributed by atoms with Gasteiger partial charge in [0.05, 0.1) is 17.3 Å². The molecule has 0 fully saturated rings. The first-order valence-electron chi connectivity index (χ1n) is 9.42. The Balaban J connectivity index is 1.82. The Hall–Kier alpha value is -2.30. The van der Waals surface area contributed by atoms with Gasteiger partial charge in [-0.2, -0.15) is 4.57 Å². The second-order valence-electron chi connectivity index (χ2n) is 7.00. The third-order valence-electron chi connectivity index (χ3n) is 5.02. The standard InChI is InChI=1S/C23H25N2OS/c1-4-24-19(8-7-18-13-16(2)5-9-20(18)24)15-23-25(11-12-26)21-10-6-17(3)14-22(21)27-23/h5-10,13-15,26H,4,11-12H2,1-3H3/q+1. The molecule has 4 heteroatoms. The Morgan fingerprint density at radius 1 is 1.04 bits per heavy atom. The number of aromatic nitrogens is 1. The Bertz CT molecular complexity index is 1040. The van der Waals surface area contributed by atoms with E-state index in [9.17, 15) is 5.11 Å². The molecule has 1 aliphatic heterocycles. The highest BCUT2D eigenvalue weighted by atomic mass is 32.2. The van der Waals surface area contributed by atoms with Gasteiger partial charge in [0.15, 0.2) is 0 Å². The van der Waals surface area contributed by atoms with Gasteiger partial charge in [0, 0.05) is 35.0 Å². The number of pyridine rings is 1. The highest BCUT2D eigenvalue weighted by molar-refractivity contribution is 8.03. The topological polar surface area (TPSA) is 27.4 Å². The molecule has 0 saturated heterocycles. The molecule has 3 aromatic rings. The van der Waals surface area contributed by atoms with Crippen LogP contribution >= 0.6 is 11.8 Å². The molecule has 0 amide bonds. The molecule has 27 heavy (non-hydrogen) atoms. The van der Waals surface area contributed by atoms with Gasteiger partial charge in [0.2, 0.25) is 11.2 Å². The van der Waals surface area contributed by atoms with Crippen LogP contribution in [-0.4, -0.2) is 18.3 Å². The number of aliphatic hydroxyl groups excluding tert-OH is 1. The van der Waals surface area contributed by atoms with Gasteiger partial charge in [-0.05, 0) is 50.6 Å². The smallest absolute Gasteiger partial charge is 0.212 e. The molecular weight excluding hydrogens is 352 g/mol. The van der Waals surface area contributed by atoms with Crippen LogP contribution in [0.4, 0.5) is 5.69 Å². The first-order valence-corrected chi connectivity index (χ1v) is 10.2. The molecule has 0 unspecified atom stereocenters. The number of hydrogen-bond acceptors (Lipinski definition) is 3. The van der Waals surface area contributed by atoms with Crippen LogP contribution in [0.1, 0.15) is 23.7 Å². The SMILES string of the molecule is CC[n+]1c(/C=C2\Sc3cc(C)ccc3N2CCO)ccc2cc(C)ccc21. The zero-order chi connectivity index (χ0) is 19.0. The van der Waals surface area contributed by atoms with E-state index in [-0.39, 0.29) is 6.61 Å². The molecule has 0 aliphatic carbocycles. The fourth-order valence-corrected chi connectivity index (χ4v) is 4.95. The Morgan fingerprint density at radius 2 is 1.81 bits per heavy atom. The number of fused-ring (bicyclic) bond motifs is 2. The Morgan fingerprint density at radius 3 is 2.59 bits per heavy atom. The van der Waals surface area contributed by atoms with E-state index in [1.54, 1.807) is 11.8 Å². The molecule has 2 heterocycles. The molecule has 3 nitrogen and oxygen atoms in total. The van der Waals surface area contributed by atoms with Gasteiger partial charge in [-0.15, -0.1) is 0 Å². The van der Waals surface area contributed by atoms with Crippen molar-refractivity contribution >= 4 is 34.4 Å². The molecule has 1 N–H and O–H groups in total. The first-order chi connectivity index (χ1) is 13.1. The second kappa shape index (κ2) is 7.37. The number of thioether (sulfide) groups is 1. The van der Waals surface area contributed by atoms with E-state index in [1.807, 2.05) is 0 Å². The van der Waals surface area contributed by atoms with Crippen molar-refractivity contribution in [3.63, 3.8) is 0 Å². The molecule has 1 aromatic heterocycles. The summed E-state index contributed by atoms with van der Waals surface area (Å²) < 4.78 is 2.35. The van der Waals surface area contributed by atoms with Crippen LogP contribution in [0.25, 0.3) is 17.0 Å². The molecule has 2 aromatic carbocycles. The van der Waals surface area contributed by atoms with Crippen LogP contribution in [0, 0.1) is 13.8 Å². The Kier molecular flexibility index (Phi) is 4.94. The van der Waals surface area contributed by atoms with Gasteiger partial charge in [0.25, 0.3) is 0 Å². The lowest BCUT2D eigenvalue weighted by Crippen LogP contribution is -2.37. The summed E-state index contributed by atoms with van der Waals surface area (Å²) in [6, 6.07) is 17.5. The van der Waals surface area contributed by atoms with Crippen LogP contribution in [0.5, 0.6) is 0 Å². The summed E-state index contributed by atoms with van der Waals surface area (Å²) in [6.45, 7) is 8.09. The van der Waals surface area contributed by atoms with Crippen molar-refractivity contribution < 1.29 is 9.67 Å². The minimum Gasteiger partial charge on any atom is -0.395 e. The molecule has 1 aliphatic rings. The van der Waals surface area contributed by atoms with Crippen molar-refractivity contribution in [1.29, 1.82) is 0 Å². The number of benzene rings is 2. The maximum Gasteiger partial charge on any atom is 0.212 e. The van der Waals surface area contributed by atoms with Gasteiger partial charge in [-0.3, -0.25) is 0 Å². The molecular formula is C23H25N2OS+. The normalized spacial score (nSPS) is 15.0. The van der Waals surface area contributed by atoms with Gasteiger partial charge < -0.3 is 10.0 Å².